The summed E-state index contributed by atoms with van der Waals surface area (Å²) in [6.45, 7) is 5.70. The second kappa shape index (κ2) is 20.2. The van der Waals surface area contributed by atoms with Crippen molar-refractivity contribution in [1.82, 2.24) is 0 Å². The molecule has 0 aromatic carbocycles. The molecule has 4 nitrogen and oxygen atoms in total. The van der Waals surface area contributed by atoms with Gasteiger partial charge < -0.3 is 14.6 Å². The molecule has 0 spiro atoms. The highest BCUT2D eigenvalue weighted by Crippen LogP contribution is 2.10. The minimum atomic E-state index is -0.738. The Morgan fingerprint density at radius 2 is 1.31 bits per heavy atom. The molecule has 0 amide bonds. The minimum Gasteiger partial charge on any atom is -0.481 e. The molecular weight excluding hydrogens is 328 g/mol. The highest BCUT2D eigenvalue weighted by molar-refractivity contribution is 5.66. The van der Waals surface area contributed by atoms with E-state index in [4.69, 9.17) is 14.6 Å². The molecule has 4 heteroatoms. The van der Waals surface area contributed by atoms with Crippen molar-refractivity contribution in [2.24, 2.45) is 0 Å². The van der Waals surface area contributed by atoms with Crippen molar-refractivity contribution >= 4 is 5.97 Å². The van der Waals surface area contributed by atoms with Crippen molar-refractivity contribution in [3.8, 4) is 0 Å². The van der Waals surface area contributed by atoms with E-state index in [1.807, 2.05) is 0 Å². The second-order valence-electron chi connectivity index (χ2n) is 6.62. The maximum atomic E-state index is 10.6. The molecule has 26 heavy (non-hydrogen) atoms. The summed E-state index contributed by atoms with van der Waals surface area (Å²) in [7, 11) is 0. The van der Waals surface area contributed by atoms with Gasteiger partial charge in [0.25, 0.3) is 0 Å². The first-order chi connectivity index (χ1) is 12.7. The van der Waals surface area contributed by atoms with Gasteiger partial charge in [0.2, 0.25) is 0 Å². The molecular formula is C22H40O4. The second-order valence-corrected chi connectivity index (χ2v) is 6.62. The number of carbonyl (C=O) groups is 1. The molecule has 0 aliphatic rings. The highest BCUT2D eigenvalue weighted by atomic mass is 16.7. The lowest BCUT2D eigenvalue weighted by molar-refractivity contribution is -0.146. The van der Waals surface area contributed by atoms with Crippen LogP contribution in [0.15, 0.2) is 24.3 Å². The number of unbranched alkanes of at least 4 members (excludes halogenated alkanes) is 5. The monoisotopic (exact) mass is 368 g/mol. The van der Waals surface area contributed by atoms with Crippen molar-refractivity contribution < 1.29 is 19.4 Å². The summed E-state index contributed by atoms with van der Waals surface area (Å²) in [5.41, 5.74) is 0. The van der Waals surface area contributed by atoms with Crippen LogP contribution < -0.4 is 0 Å². The van der Waals surface area contributed by atoms with E-state index >= 15 is 0 Å². The fourth-order valence-corrected chi connectivity index (χ4v) is 2.45. The normalized spacial score (nSPS) is 12.0. The summed E-state index contributed by atoms with van der Waals surface area (Å²) in [4.78, 5) is 10.6. The Kier molecular flexibility index (Phi) is 19.3. The van der Waals surface area contributed by atoms with Gasteiger partial charge in [0, 0.05) is 6.42 Å². The molecule has 0 saturated carbocycles. The van der Waals surface area contributed by atoms with Gasteiger partial charge in [-0.15, -0.1) is 0 Å². The van der Waals surface area contributed by atoms with Gasteiger partial charge in [0.15, 0.2) is 6.29 Å². The summed E-state index contributed by atoms with van der Waals surface area (Å²) in [6, 6.07) is 0. The Labute approximate surface area is 160 Å². The molecule has 0 radical (unpaired) electrons. The van der Waals surface area contributed by atoms with Gasteiger partial charge in [-0.25, -0.2) is 0 Å². The van der Waals surface area contributed by atoms with Crippen LogP contribution in [0.1, 0.15) is 90.9 Å². The van der Waals surface area contributed by atoms with E-state index in [9.17, 15) is 4.79 Å². The number of carboxylic acids is 1. The Bertz CT molecular complexity index is 339. The Hall–Kier alpha value is -1.13. The topological polar surface area (TPSA) is 55.8 Å². The summed E-state index contributed by atoms with van der Waals surface area (Å²) < 4.78 is 11.7. The van der Waals surface area contributed by atoms with Crippen LogP contribution in [0.5, 0.6) is 0 Å². The third-order valence-electron chi connectivity index (χ3n) is 4.04. The van der Waals surface area contributed by atoms with E-state index in [0.29, 0.717) is 19.6 Å². The molecule has 0 unspecified atom stereocenters. The number of rotatable bonds is 19. The van der Waals surface area contributed by atoms with Gasteiger partial charge in [-0.1, -0.05) is 63.8 Å². The summed E-state index contributed by atoms with van der Waals surface area (Å²) in [5.74, 6) is -0.738. The first-order valence-electron chi connectivity index (χ1n) is 10.5. The molecule has 152 valence electrons. The molecule has 0 bridgehead atoms. The van der Waals surface area contributed by atoms with Crippen molar-refractivity contribution in [1.29, 1.82) is 0 Å². The van der Waals surface area contributed by atoms with Gasteiger partial charge in [-0.3, -0.25) is 4.79 Å². The van der Waals surface area contributed by atoms with Crippen molar-refractivity contribution in [3.05, 3.63) is 24.3 Å². The SMILES string of the molecule is CCCC/C=C\CCOC(CCCCC(=O)O)OCC/C=C\CCCC. The van der Waals surface area contributed by atoms with Gasteiger partial charge in [-0.2, -0.15) is 0 Å². The number of hydrogen-bond acceptors (Lipinski definition) is 3. The lowest BCUT2D eigenvalue weighted by Crippen LogP contribution is -2.18. The van der Waals surface area contributed by atoms with Crippen molar-refractivity contribution in [3.63, 3.8) is 0 Å². The van der Waals surface area contributed by atoms with Crippen LogP contribution in [0.4, 0.5) is 0 Å². The standard InChI is InChI=1S/C22H40O4/c1-3-5-7-9-11-15-19-25-22(18-14-13-17-21(23)24)26-20-16-12-10-8-6-4-2/h9-12,22H,3-8,13-20H2,1-2H3,(H,23,24)/b11-9-,12-10-. The van der Waals surface area contributed by atoms with E-state index in [-0.39, 0.29) is 12.7 Å². The maximum Gasteiger partial charge on any atom is 0.303 e. The Morgan fingerprint density at radius 1 is 0.808 bits per heavy atom. The largest absolute Gasteiger partial charge is 0.481 e. The third kappa shape index (κ3) is 19.2. The van der Waals surface area contributed by atoms with Crippen LogP contribution in [-0.2, 0) is 14.3 Å². The van der Waals surface area contributed by atoms with Gasteiger partial charge >= 0.3 is 5.97 Å². The maximum absolute atomic E-state index is 10.6. The zero-order valence-electron chi connectivity index (χ0n) is 17.0. The van der Waals surface area contributed by atoms with Crippen molar-refractivity contribution in [2.45, 2.75) is 97.2 Å². The Balaban J connectivity index is 3.97. The molecule has 0 atom stereocenters. The van der Waals surface area contributed by atoms with Crippen LogP contribution in [0.2, 0.25) is 0 Å². The lowest BCUT2D eigenvalue weighted by atomic mass is 10.2. The zero-order valence-corrected chi connectivity index (χ0v) is 17.0. The predicted octanol–water partition coefficient (Wildman–Crippen LogP) is 6.26. The highest BCUT2D eigenvalue weighted by Gasteiger charge is 2.09. The van der Waals surface area contributed by atoms with E-state index in [1.165, 1.54) is 25.7 Å². The molecule has 0 aliphatic heterocycles. The average molecular weight is 369 g/mol. The minimum absolute atomic E-state index is 0.215. The molecule has 1 N–H and O–H groups in total. The van der Waals surface area contributed by atoms with E-state index in [1.54, 1.807) is 0 Å². The van der Waals surface area contributed by atoms with Gasteiger partial charge in [0.1, 0.15) is 0 Å². The van der Waals surface area contributed by atoms with Crippen LogP contribution in [0, 0.1) is 0 Å². The van der Waals surface area contributed by atoms with Crippen molar-refractivity contribution in [2.75, 3.05) is 13.2 Å². The number of carboxylic acid groups (broad SMARTS) is 1. The summed E-state index contributed by atoms with van der Waals surface area (Å²) in [5, 5.41) is 8.73. The molecule has 0 saturated heterocycles. The zero-order chi connectivity index (χ0) is 19.3. The third-order valence-corrected chi connectivity index (χ3v) is 4.04. The van der Waals surface area contributed by atoms with E-state index < -0.39 is 5.97 Å². The summed E-state index contributed by atoms with van der Waals surface area (Å²) >= 11 is 0. The molecule has 0 heterocycles. The number of ether oxygens (including phenoxy) is 2. The fraction of sp³-hybridized carbons (Fsp3) is 0.773. The molecule has 0 fully saturated rings. The van der Waals surface area contributed by atoms with Gasteiger partial charge in [0.05, 0.1) is 13.2 Å². The molecule has 0 aromatic rings. The number of hydrogen-bond donors (Lipinski definition) is 1. The fourth-order valence-electron chi connectivity index (χ4n) is 2.45. The van der Waals surface area contributed by atoms with E-state index in [0.717, 1.165) is 38.5 Å². The Morgan fingerprint density at radius 3 is 1.77 bits per heavy atom. The lowest BCUT2D eigenvalue weighted by Gasteiger charge is -2.18. The summed E-state index contributed by atoms with van der Waals surface area (Å²) in [6.07, 6.45) is 20.0. The van der Waals surface area contributed by atoms with Gasteiger partial charge in [-0.05, 0) is 44.9 Å². The molecule has 0 rings (SSSR count). The van der Waals surface area contributed by atoms with Crippen LogP contribution in [0.25, 0.3) is 0 Å². The average Bonchev–Trinajstić information content (AvgIpc) is 2.62. The molecule has 0 aliphatic carbocycles. The predicted molar refractivity (Wildman–Crippen MR) is 108 cm³/mol. The quantitative estimate of drug-likeness (QED) is 0.166. The van der Waals surface area contributed by atoms with Crippen LogP contribution in [-0.4, -0.2) is 30.6 Å². The number of aliphatic carboxylic acids is 1. The van der Waals surface area contributed by atoms with Crippen LogP contribution >= 0.6 is 0 Å². The first kappa shape index (κ1) is 24.9. The van der Waals surface area contributed by atoms with E-state index in [2.05, 4.69) is 38.2 Å². The first-order valence-corrected chi connectivity index (χ1v) is 10.5. The molecule has 0 aromatic heterocycles. The van der Waals surface area contributed by atoms with Crippen LogP contribution in [0.3, 0.4) is 0 Å². The number of allylic oxidation sites excluding steroid dienone is 2. The smallest absolute Gasteiger partial charge is 0.303 e.